The Morgan fingerprint density at radius 2 is 1.92 bits per heavy atom. The molecule has 0 radical (unpaired) electrons. The summed E-state index contributed by atoms with van der Waals surface area (Å²) in [6, 6.07) is 8.24. The van der Waals surface area contributed by atoms with Crippen LogP contribution in [0.5, 0.6) is 0 Å². The van der Waals surface area contributed by atoms with Crippen molar-refractivity contribution in [3.8, 4) is 0 Å². The van der Waals surface area contributed by atoms with Crippen molar-refractivity contribution < 1.29 is 10.1 Å². The molecule has 25 heavy (non-hydrogen) atoms. The molecule has 0 spiro atoms. The Morgan fingerprint density at radius 1 is 1.20 bits per heavy atom. The van der Waals surface area contributed by atoms with Crippen molar-refractivity contribution in [3.63, 3.8) is 0 Å². The van der Waals surface area contributed by atoms with Gasteiger partial charge in [-0.1, -0.05) is 50.9 Å². The molecular formula is C22H37ClNO+. The van der Waals surface area contributed by atoms with E-state index in [4.69, 9.17) is 16.3 Å². The van der Waals surface area contributed by atoms with Crippen molar-refractivity contribution in [1.29, 1.82) is 0 Å². The van der Waals surface area contributed by atoms with E-state index in [1.165, 1.54) is 44.2 Å². The highest BCUT2D eigenvalue weighted by molar-refractivity contribution is 6.30. The van der Waals surface area contributed by atoms with Crippen LogP contribution < -0.4 is 5.32 Å². The molecule has 0 unspecified atom stereocenters. The zero-order chi connectivity index (χ0) is 18.3. The van der Waals surface area contributed by atoms with E-state index in [1.807, 2.05) is 12.1 Å². The molecule has 2 N–H and O–H groups in total. The molecule has 2 rings (SSSR count). The predicted octanol–water partition coefficient (Wildman–Crippen LogP) is 5.20. The van der Waals surface area contributed by atoms with Crippen molar-refractivity contribution >= 4 is 11.6 Å². The molecule has 1 heterocycles. The van der Waals surface area contributed by atoms with Gasteiger partial charge in [0.2, 0.25) is 0 Å². The van der Waals surface area contributed by atoms with Gasteiger partial charge in [-0.15, -0.1) is 0 Å². The first kappa shape index (κ1) is 20.7. The Morgan fingerprint density at radius 3 is 2.56 bits per heavy atom. The summed E-state index contributed by atoms with van der Waals surface area (Å²) in [6.45, 7) is 12.4. The topological polar surface area (TPSA) is 25.8 Å². The average Bonchev–Trinajstić information content (AvgIpc) is 2.59. The summed E-state index contributed by atoms with van der Waals surface area (Å²) in [5.41, 5.74) is 1.89. The molecule has 0 saturated carbocycles. The van der Waals surface area contributed by atoms with Crippen molar-refractivity contribution in [2.45, 2.75) is 78.4 Å². The first-order chi connectivity index (χ1) is 11.9. The van der Waals surface area contributed by atoms with E-state index in [0.29, 0.717) is 5.41 Å². The van der Waals surface area contributed by atoms with Crippen molar-refractivity contribution in [3.05, 3.63) is 34.9 Å². The summed E-state index contributed by atoms with van der Waals surface area (Å²) in [5.74, 6) is 0.783. The molecule has 0 aliphatic carbocycles. The largest absolute Gasteiger partial charge is 0.375 e. The molecule has 3 heteroatoms. The maximum absolute atomic E-state index is 6.14. The lowest BCUT2D eigenvalue weighted by molar-refractivity contribution is -0.672. The summed E-state index contributed by atoms with van der Waals surface area (Å²) < 4.78 is 6.14. The van der Waals surface area contributed by atoms with E-state index in [-0.39, 0.29) is 5.60 Å². The second-order valence-corrected chi connectivity index (χ2v) is 9.11. The highest BCUT2D eigenvalue weighted by atomic mass is 35.5. The predicted molar refractivity (Wildman–Crippen MR) is 107 cm³/mol. The zero-order valence-corrected chi connectivity index (χ0v) is 17.4. The number of benzene rings is 1. The summed E-state index contributed by atoms with van der Waals surface area (Å²) in [6.07, 6.45) is 7.54. The van der Waals surface area contributed by atoms with Crippen molar-refractivity contribution in [2.24, 2.45) is 11.3 Å². The second kappa shape index (κ2) is 9.39. The number of hydrogen-bond donors (Lipinski definition) is 1. The lowest BCUT2D eigenvalue weighted by Gasteiger charge is -2.46. The van der Waals surface area contributed by atoms with Crippen LogP contribution in [-0.4, -0.2) is 18.8 Å². The Hall–Kier alpha value is -0.570. The highest BCUT2D eigenvalue weighted by Crippen LogP contribution is 2.46. The smallest absolute Gasteiger partial charge is 0.101 e. The van der Waals surface area contributed by atoms with E-state index in [9.17, 15) is 0 Å². The van der Waals surface area contributed by atoms with Crippen LogP contribution in [0.25, 0.3) is 0 Å². The first-order valence-corrected chi connectivity index (χ1v) is 10.4. The van der Waals surface area contributed by atoms with E-state index in [1.54, 1.807) is 0 Å². The van der Waals surface area contributed by atoms with Crippen LogP contribution in [-0.2, 0) is 11.3 Å². The van der Waals surface area contributed by atoms with Crippen molar-refractivity contribution in [2.75, 3.05) is 13.2 Å². The zero-order valence-electron chi connectivity index (χ0n) is 16.6. The molecule has 142 valence electrons. The maximum Gasteiger partial charge on any atom is 0.101 e. The van der Waals surface area contributed by atoms with Gasteiger partial charge in [-0.3, -0.25) is 0 Å². The van der Waals surface area contributed by atoms with Crippen LogP contribution in [0, 0.1) is 11.3 Å². The van der Waals surface area contributed by atoms with Crippen LogP contribution in [0.15, 0.2) is 24.3 Å². The minimum Gasteiger partial charge on any atom is -0.375 e. The minimum absolute atomic E-state index is 0.0748. The standard InChI is InChI=1S/C22H36ClNO/c1-5-21(4)17-22(13-15-25-21,11-10-18(2)3)12-14-24-16-19-6-8-20(23)9-7-19/h6-9,18,24H,5,10-17H2,1-4H3/p+1/t21-,22-/m1/s1. The van der Waals surface area contributed by atoms with Gasteiger partial charge < -0.3 is 10.1 Å². The minimum atomic E-state index is 0.0748. The van der Waals surface area contributed by atoms with E-state index >= 15 is 0 Å². The molecule has 2 atom stereocenters. The van der Waals surface area contributed by atoms with Gasteiger partial charge >= 0.3 is 0 Å². The SMILES string of the molecule is CC[C@]1(C)C[C@@](CC[NH2+]Cc2ccc(Cl)cc2)(CCC(C)C)CCO1. The number of nitrogens with two attached hydrogens (primary N) is 1. The lowest BCUT2D eigenvalue weighted by atomic mass is 9.67. The fraction of sp³-hybridized carbons (Fsp3) is 0.727. The van der Waals surface area contributed by atoms with Crippen LogP contribution in [0.4, 0.5) is 0 Å². The number of rotatable bonds is 9. The summed E-state index contributed by atoms with van der Waals surface area (Å²) >= 11 is 5.97. The van der Waals surface area contributed by atoms with Gasteiger partial charge in [0.25, 0.3) is 0 Å². The molecule has 1 aromatic carbocycles. The Bertz CT molecular complexity index is 515. The molecule has 0 amide bonds. The van der Waals surface area contributed by atoms with Gasteiger partial charge in [0.15, 0.2) is 0 Å². The first-order valence-electron chi connectivity index (χ1n) is 10.1. The van der Waals surface area contributed by atoms with Crippen LogP contribution in [0.3, 0.4) is 0 Å². The number of ether oxygens (including phenoxy) is 1. The summed E-state index contributed by atoms with van der Waals surface area (Å²) in [5, 5.41) is 3.27. The Kier molecular flexibility index (Phi) is 7.79. The summed E-state index contributed by atoms with van der Waals surface area (Å²) in [7, 11) is 0. The number of quaternary nitrogens is 1. The molecular weight excluding hydrogens is 330 g/mol. The van der Waals surface area contributed by atoms with Crippen LogP contribution in [0.2, 0.25) is 5.02 Å². The van der Waals surface area contributed by atoms with E-state index in [2.05, 4.69) is 45.1 Å². The van der Waals surface area contributed by atoms with E-state index < -0.39 is 0 Å². The molecule has 0 aromatic heterocycles. The van der Waals surface area contributed by atoms with Gasteiger partial charge in [0, 0.05) is 23.6 Å². The third-order valence-electron chi connectivity index (χ3n) is 6.00. The van der Waals surface area contributed by atoms with Crippen molar-refractivity contribution in [1.82, 2.24) is 0 Å². The quantitative estimate of drug-likeness (QED) is 0.597. The Labute approximate surface area is 159 Å². The monoisotopic (exact) mass is 366 g/mol. The van der Waals surface area contributed by atoms with E-state index in [0.717, 1.165) is 30.5 Å². The van der Waals surface area contributed by atoms with Gasteiger partial charge in [-0.05, 0) is 56.1 Å². The fourth-order valence-electron chi connectivity index (χ4n) is 4.12. The van der Waals surface area contributed by atoms with Gasteiger partial charge in [-0.2, -0.15) is 0 Å². The molecule has 1 fully saturated rings. The van der Waals surface area contributed by atoms with Crippen LogP contribution in [0.1, 0.15) is 71.8 Å². The summed E-state index contributed by atoms with van der Waals surface area (Å²) in [4.78, 5) is 0. The van der Waals surface area contributed by atoms with Gasteiger partial charge in [0.05, 0.1) is 12.1 Å². The normalized spacial score (nSPS) is 27.0. The molecule has 2 nitrogen and oxygen atoms in total. The van der Waals surface area contributed by atoms with Gasteiger partial charge in [0.1, 0.15) is 6.54 Å². The Balaban J connectivity index is 1.90. The maximum atomic E-state index is 6.14. The molecule has 1 aliphatic heterocycles. The molecule has 1 saturated heterocycles. The average molecular weight is 367 g/mol. The number of hydrogen-bond acceptors (Lipinski definition) is 1. The highest BCUT2D eigenvalue weighted by Gasteiger charge is 2.42. The van der Waals surface area contributed by atoms with Gasteiger partial charge in [-0.25, -0.2) is 0 Å². The van der Waals surface area contributed by atoms with Crippen LogP contribution >= 0.6 is 11.6 Å². The fourth-order valence-corrected chi connectivity index (χ4v) is 4.24. The lowest BCUT2D eigenvalue weighted by Crippen LogP contribution is -2.83. The molecule has 1 aliphatic rings. The third kappa shape index (κ3) is 6.58. The third-order valence-corrected chi connectivity index (χ3v) is 6.26. The second-order valence-electron chi connectivity index (χ2n) is 8.67. The number of halogens is 1. The molecule has 1 aromatic rings. The molecule has 0 bridgehead atoms.